The largest absolute Gasteiger partial charge is 0.446 e. The van der Waals surface area contributed by atoms with Crippen LogP contribution in [0.15, 0.2) is 23.1 Å². The number of rotatable bonds is 8. The highest BCUT2D eigenvalue weighted by molar-refractivity contribution is 7.98. The molecule has 1 aromatic carbocycles. The first-order valence-corrected chi connectivity index (χ1v) is 10.4. The molecule has 1 N–H and O–H groups in total. The summed E-state index contributed by atoms with van der Waals surface area (Å²) in [5, 5.41) is 8.89. The van der Waals surface area contributed by atoms with Gasteiger partial charge in [0.05, 0.1) is 5.02 Å². The standard InChI is InChI=1S/C14H16Cl2N2O4S2/c1-9(8-17)22-14(19)12(5-6-23-2)18-24(20,21)13-7-10(15)3-4-11(13)16/h3-4,7,9,12,18H,5-6H2,1-2H3/t9-,12+/m0/s1. The summed E-state index contributed by atoms with van der Waals surface area (Å²) in [6, 6.07) is 4.63. The maximum atomic E-state index is 12.5. The molecule has 0 saturated heterocycles. The van der Waals surface area contributed by atoms with Crippen LogP contribution in [0.2, 0.25) is 10.0 Å². The first-order chi connectivity index (χ1) is 11.2. The molecule has 132 valence electrons. The summed E-state index contributed by atoms with van der Waals surface area (Å²) in [7, 11) is -4.09. The Labute approximate surface area is 155 Å². The number of thioether (sulfide) groups is 1. The van der Waals surface area contributed by atoms with Crippen molar-refractivity contribution in [1.29, 1.82) is 5.26 Å². The fourth-order valence-corrected chi connectivity index (χ4v) is 4.13. The molecule has 0 bridgehead atoms. The third-order valence-electron chi connectivity index (χ3n) is 2.85. The second kappa shape index (κ2) is 9.49. The van der Waals surface area contributed by atoms with E-state index in [1.807, 2.05) is 6.26 Å². The van der Waals surface area contributed by atoms with Gasteiger partial charge in [0.25, 0.3) is 0 Å². The number of ether oxygens (including phenoxy) is 1. The number of hydrogen-bond acceptors (Lipinski definition) is 6. The van der Waals surface area contributed by atoms with E-state index < -0.39 is 28.1 Å². The van der Waals surface area contributed by atoms with Crippen LogP contribution in [-0.4, -0.2) is 38.5 Å². The average Bonchev–Trinajstić information content (AvgIpc) is 2.53. The van der Waals surface area contributed by atoms with Gasteiger partial charge in [-0.3, -0.25) is 4.79 Å². The maximum Gasteiger partial charge on any atom is 0.325 e. The van der Waals surface area contributed by atoms with E-state index in [0.29, 0.717) is 5.75 Å². The molecule has 0 unspecified atom stereocenters. The van der Waals surface area contributed by atoms with Crippen molar-refractivity contribution in [1.82, 2.24) is 4.72 Å². The van der Waals surface area contributed by atoms with Crippen molar-refractivity contribution in [3.8, 4) is 6.07 Å². The van der Waals surface area contributed by atoms with Crippen molar-refractivity contribution in [3.63, 3.8) is 0 Å². The molecule has 0 aliphatic rings. The van der Waals surface area contributed by atoms with Gasteiger partial charge in [-0.1, -0.05) is 23.2 Å². The number of nitrogens with one attached hydrogen (secondary N) is 1. The fraction of sp³-hybridized carbons (Fsp3) is 0.429. The molecule has 1 rings (SSSR count). The second-order valence-corrected chi connectivity index (χ2v) is 8.25. The van der Waals surface area contributed by atoms with Gasteiger partial charge in [0.1, 0.15) is 17.0 Å². The molecule has 0 heterocycles. The molecule has 24 heavy (non-hydrogen) atoms. The Hall–Kier alpha value is -0.980. The Morgan fingerprint density at radius 2 is 2.12 bits per heavy atom. The Morgan fingerprint density at radius 1 is 1.46 bits per heavy atom. The zero-order valence-corrected chi connectivity index (χ0v) is 16.1. The van der Waals surface area contributed by atoms with E-state index in [1.165, 1.54) is 36.9 Å². The van der Waals surface area contributed by atoms with Gasteiger partial charge in [0.2, 0.25) is 10.0 Å². The van der Waals surface area contributed by atoms with E-state index in [1.54, 1.807) is 6.07 Å². The number of nitrogens with zero attached hydrogens (tertiary/aromatic N) is 1. The number of carbonyl (C=O) groups is 1. The molecule has 2 atom stereocenters. The lowest BCUT2D eigenvalue weighted by atomic mass is 10.2. The summed E-state index contributed by atoms with van der Waals surface area (Å²) in [5.41, 5.74) is 0. The van der Waals surface area contributed by atoms with Gasteiger partial charge in [-0.15, -0.1) is 0 Å². The highest BCUT2D eigenvalue weighted by Crippen LogP contribution is 2.25. The van der Waals surface area contributed by atoms with Gasteiger partial charge < -0.3 is 4.74 Å². The number of carbonyl (C=O) groups excluding carboxylic acids is 1. The predicted molar refractivity (Wildman–Crippen MR) is 94.7 cm³/mol. The normalized spacial score (nSPS) is 13.8. The van der Waals surface area contributed by atoms with Crippen molar-refractivity contribution < 1.29 is 17.9 Å². The molecule has 0 saturated carbocycles. The molecule has 0 spiro atoms. The number of halogens is 2. The lowest BCUT2D eigenvalue weighted by Gasteiger charge is -2.18. The van der Waals surface area contributed by atoms with E-state index in [0.717, 1.165) is 0 Å². The number of hydrogen-bond donors (Lipinski definition) is 1. The van der Waals surface area contributed by atoms with Crippen LogP contribution in [-0.2, 0) is 19.6 Å². The molecular formula is C14H16Cl2N2O4S2. The number of sulfonamides is 1. The van der Waals surface area contributed by atoms with Crippen molar-refractivity contribution in [2.75, 3.05) is 12.0 Å². The second-order valence-electron chi connectivity index (χ2n) is 4.74. The molecule has 0 aliphatic heterocycles. The fourth-order valence-electron chi connectivity index (χ4n) is 1.68. The average molecular weight is 411 g/mol. The molecule has 1 aromatic rings. The summed E-state index contributed by atoms with van der Waals surface area (Å²) in [4.78, 5) is 11.9. The van der Waals surface area contributed by atoms with E-state index >= 15 is 0 Å². The molecule has 0 radical (unpaired) electrons. The Morgan fingerprint density at radius 3 is 2.71 bits per heavy atom. The molecule has 0 aliphatic carbocycles. The minimum atomic E-state index is -4.09. The van der Waals surface area contributed by atoms with Crippen LogP contribution in [0.5, 0.6) is 0 Å². The van der Waals surface area contributed by atoms with Crippen molar-refractivity contribution >= 4 is 51.0 Å². The number of esters is 1. The van der Waals surface area contributed by atoms with Crippen LogP contribution >= 0.6 is 35.0 Å². The third kappa shape index (κ3) is 6.15. The molecule has 10 heteroatoms. The third-order valence-corrected chi connectivity index (χ3v) is 5.68. The summed E-state index contributed by atoms with van der Waals surface area (Å²) in [5.74, 6) is -0.299. The van der Waals surface area contributed by atoms with E-state index in [4.69, 9.17) is 33.2 Å². The lowest BCUT2D eigenvalue weighted by Crippen LogP contribution is -2.43. The molecule has 6 nitrogen and oxygen atoms in total. The smallest absolute Gasteiger partial charge is 0.325 e. The predicted octanol–water partition coefficient (Wildman–Crippen LogP) is 2.85. The van der Waals surface area contributed by atoms with E-state index in [-0.39, 0.29) is 21.4 Å². The summed E-state index contributed by atoms with van der Waals surface area (Å²) >= 11 is 13.2. The van der Waals surface area contributed by atoms with Gasteiger partial charge in [-0.05, 0) is 43.6 Å². The van der Waals surface area contributed by atoms with Crippen LogP contribution in [0.25, 0.3) is 0 Å². The van der Waals surface area contributed by atoms with Crippen LogP contribution in [0, 0.1) is 11.3 Å². The quantitative estimate of drug-likeness (QED) is 0.661. The monoisotopic (exact) mass is 410 g/mol. The van der Waals surface area contributed by atoms with Gasteiger partial charge in [-0.25, -0.2) is 8.42 Å². The summed E-state index contributed by atoms with van der Waals surface area (Å²) < 4.78 is 32.2. The van der Waals surface area contributed by atoms with Gasteiger partial charge in [-0.2, -0.15) is 21.7 Å². The number of nitriles is 1. The van der Waals surface area contributed by atoms with Crippen molar-refractivity contribution in [3.05, 3.63) is 28.2 Å². The highest BCUT2D eigenvalue weighted by Gasteiger charge is 2.29. The lowest BCUT2D eigenvalue weighted by molar-refractivity contribution is -0.147. The number of benzene rings is 1. The Bertz CT molecular complexity index is 735. The minimum Gasteiger partial charge on any atom is -0.446 e. The first kappa shape index (κ1) is 21.1. The van der Waals surface area contributed by atoms with Crippen molar-refractivity contribution in [2.24, 2.45) is 0 Å². The zero-order valence-electron chi connectivity index (χ0n) is 13.0. The minimum absolute atomic E-state index is 0.0192. The Kier molecular flexibility index (Phi) is 8.33. The molecule has 0 fully saturated rings. The van der Waals surface area contributed by atoms with Gasteiger partial charge in [0.15, 0.2) is 6.10 Å². The highest BCUT2D eigenvalue weighted by atomic mass is 35.5. The Balaban J connectivity index is 3.05. The van der Waals surface area contributed by atoms with Gasteiger partial charge >= 0.3 is 5.97 Å². The summed E-state index contributed by atoms with van der Waals surface area (Å²) in [6.45, 7) is 1.39. The van der Waals surface area contributed by atoms with Crippen molar-refractivity contribution in [2.45, 2.75) is 30.4 Å². The van der Waals surface area contributed by atoms with Crippen LogP contribution in [0.3, 0.4) is 0 Å². The first-order valence-electron chi connectivity index (χ1n) is 6.77. The van der Waals surface area contributed by atoms with Crippen LogP contribution < -0.4 is 4.72 Å². The molecular weight excluding hydrogens is 395 g/mol. The van der Waals surface area contributed by atoms with Crippen LogP contribution in [0.4, 0.5) is 0 Å². The molecule has 0 amide bonds. The maximum absolute atomic E-state index is 12.5. The topological polar surface area (TPSA) is 96.3 Å². The SMILES string of the molecule is CSCC[C@@H](NS(=O)(=O)c1cc(Cl)ccc1Cl)C(=O)O[C@@H](C)C#N. The zero-order chi connectivity index (χ0) is 18.3. The van der Waals surface area contributed by atoms with Gasteiger partial charge in [0, 0.05) is 5.02 Å². The van der Waals surface area contributed by atoms with E-state index in [9.17, 15) is 13.2 Å². The van der Waals surface area contributed by atoms with E-state index in [2.05, 4.69) is 4.72 Å². The van der Waals surface area contributed by atoms with Crippen LogP contribution in [0.1, 0.15) is 13.3 Å². The summed E-state index contributed by atoms with van der Waals surface area (Å²) in [6.07, 6.45) is 1.05. The molecule has 0 aromatic heterocycles.